The third-order valence-electron chi connectivity index (χ3n) is 9.74. The molecule has 1 aromatic rings. The highest BCUT2D eigenvalue weighted by Gasteiger charge is 2.37. The average molecular weight is 539 g/mol. The van der Waals surface area contributed by atoms with Crippen molar-refractivity contribution in [2.45, 2.75) is 112 Å². The number of hydrogen-bond donors (Lipinski definition) is 2. The molecule has 5 heteroatoms. The van der Waals surface area contributed by atoms with Crippen molar-refractivity contribution in [2.75, 3.05) is 0 Å². The molecule has 2 aliphatic rings. The lowest BCUT2D eigenvalue weighted by Crippen LogP contribution is -2.49. The molecule has 0 radical (unpaired) electrons. The molecule has 0 bridgehead atoms. The van der Waals surface area contributed by atoms with Gasteiger partial charge in [-0.1, -0.05) is 84.7 Å². The standard InChI is InChI=1S/C34H54N2O3/c1-21(2)27-15-13-23(5)19-29(27)32(37)18-17-31(26-11-9-8-10-12-26)36-33(38)25(7)35-34(39)30-20-24(6)14-16-28(30)22(3)4/h8-12,21-25,27-31H,13-20H2,1-7H3,(H,35,39)(H,36,38)/t23-,24-,25-,27+,28+,29-,30-,31-/m1/s1. The lowest BCUT2D eigenvalue weighted by molar-refractivity contribution is -0.134. The Hall–Kier alpha value is -2.17. The molecule has 0 saturated heterocycles. The van der Waals surface area contributed by atoms with E-state index in [9.17, 15) is 14.4 Å². The zero-order chi connectivity index (χ0) is 28.7. The molecule has 0 aliphatic heterocycles. The van der Waals surface area contributed by atoms with Crippen LogP contribution in [0.2, 0.25) is 0 Å². The zero-order valence-electron chi connectivity index (χ0n) is 25.5. The molecule has 8 atom stereocenters. The number of hydrogen-bond acceptors (Lipinski definition) is 3. The molecule has 2 saturated carbocycles. The van der Waals surface area contributed by atoms with Crippen molar-refractivity contribution in [3.8, 4) is 0 Å². The summed E-state index contributed by atoms with van der Waals surface area (Å²) in [6.45, 7) is 15.1. The van der Waals surface area contributed by atoms with Crippen LogP contribution in [0.15, 0.2) is 30.3 Å². The van der Waals surface area contributed by atoms with E-state index in [1.54, 1.807) is 6.92 Å². The Balaban J connectivity index is 1.65. The molecule has 3 rings (SSSR count). The van der Waals surface area contributed by atoms with Crippen molar-refractivity contribution < 1.29 is 14.4 Å². The third-order valence-corrected chi connectivity index (χ3v) is 9.74. The molecule has 39 heavy (non-hydrogen) atoms. The SMILES string of the molecule is CC(C)[C@@H]1CC[C@@H](C)C[C@H]1C(=O)CC[C@@H](NC(=O)[C@@H](C)NC(=O)[C@@H]1C[C@H](C)CC[C@H]1C(C)C)c1ccccc1. The van der Waals surface area contributed by atoms with Crippen molar-refractivity contribution in [3.63, 3.8) is 0 Å². The lowest BCUT2D eigenvalue weighted by Gasteiger charge is -2.37. The van der Waals surface area contributed by atoms with Crippen molar-refractivity contribution in [1.29, 1.82) is 0 Å². The smallest absolute Gasteiger partial charge is 0.242 e. The Bertz CT molecular complexity index is 943. The molecule has 0 unspecified atom stereocenters. The van der Waals surface area contributed by atoms with Crippen LogP contribution in [0.25, 0.3) is 0 Å². The largest absolute Gasteiger partial charge is 0.348 e. The first-order valence-electron chi connectivity index (χ1n) is 15.7. The van der Waals surface area contributed by atoms with E-state index in [4.69, 9.17) is 0 Å². The van der Waals surface area contributed by atoms with Gasteiger partial charge in [0.2, 0.25) is 11.8 Å². The summed E-state index contributed by atoms with van der Waals surface area (Å²) in [5.41, 5.74) is 0.996. The minimum Gasteiger partial charge on any atom is -0.348 e. The summed E-state index contributed by atoms with van der Waals surface area (Å²) in [6, 6.07) is 9.02. The summed E-state index contributed by atoms with van der Waals surface area (Å²) in [6.07, 6.45) is 7.45. The van der Waals surface area contributed by atoms with Crippen LogP contribution < -0.4 is 10.6 Å². The van der Waals surface area contributed by atoms with E-state index in [0.717, 1.165) is 37.7 Å². The fourth-order valence-electron chi connectivity index (χ4n) is 7.24. The fourth-order valence-corrected chi connectivity index (χ4v) is 7.24. The summed E-state index contributed by atoms with van der Waals surface area (Å²) in [4.78, 5) is 40.1. The van der Waals surface area contributed by atoms with Crippen molar-refractivity contribution in [2.24, 2.45) is 47.3 Å². The van der Waals surface area contributed by atoms with Crippen molar-refractivity contribution >= 4 is 17.6 Å². The van der Waals surface area contributed by atoms with Crippen LogP contribution in [0.3, 0.4) is 0 Å². The molecule has 2 amide bonds. The molecular weight excluding hydrogens is 484 g/mol. The van der Waals surface area contributed by atoms with E-state index >= 15 is 0 Å². The Morgan fingerprint density at radius 2 is 1.31 bits per heavy atom. The van der Waals surface area contributed by atoms with Crippen LogP contribution in [-0.4, -0.2) is 23.6 Å². The van der Waals surface area contributed by atoms with Gasteiger partial charge in [0.05, 0.1) is 6.04 Å². The fraction of sp³-hybridized carbons (Fsp3) is 0.735. The quantitative estimate of drug-likeness (QED) is 0.315. The molecule has 0 spiro atoms. The second kappa shape index (κ2) is 14.5. The minimum absolute atomic E-state index is 0.000449. The molecule has 5 nitrogen and oxygen atoms in total. The van der Waals surface area contributed by atoms with Crippen molar-refractivity contribution in [3.05, 3.63) is 35.9 Å². The number of amides is 2. The first-order chi connectivity index (χ1) is 18.5. The van der Waals surface area contributed by atoms with Gasteiger partial charge in [0.15, 0.2) is 0 Å². The van der Waals surface area contributed by atoms with Crippen molar-refractivity contribution in [1.82, 2.24) is 10.6 Å². The first-order valence-corrected chi connectivity index (χ1v) is 15.7. The van der Waals surface area contributed by atoms with Crippen LogP contribution in [0.5, 0.6) is 0 Å². The number of Topliss-reactive ketones (excluding diaryl/α,β-unsaturated/α-hetero) is 1. The van der Waals surface area contributed by atoms with Crippen LogP contribution in [0.1, 0.15) is 111 Å². The maximum absolute atomic E-state index is 13.5. The van der Waals surface area contributed by atoms with Crippen LogP contribution >= 0.6 is 0 Å². The predicted octanol–water partition coefficient (Wildman–Crippen LogP) is 7.11. The van der Waals surface area contributed by atoms with Crippen LogP contribution in [0, 0.1) is 47.3 Å². The maximum Gasteiger partial charge on any atom is 0.242 e. The van der Waals surface area contributed by atoms with E-state index in [-0.39, 0.29) is 29.7 Å². The summed E-state index contributed by atoms with van der Waals surface area (Å²) in [5, 5.41) is 6.21. The van der Waals surface area contributed by atoms with Gasteiger partial charge in [0.1, 0.15) is 11.8 Å². The molecule has 0 heterocycles. The lowest BCUT2D eigenvalue weighted by atomic mass is 9.68. The van der Waals surface area contributed by atoms with Crippen LogP contribution in [0.4, 0.5) is 0 Å². The van der Waals surface area contributed by atoms with Gasteiger partial charge in [-0.05, 0) is 80.1 Å². The predicted molar refractivity (Wildman–Crippen MR) is 159 cm³/mol. The number of benzene rings is 1. The van der Waals surface area contributed by atoms with Gasteiger partial charge in [0.25, 0.3) is 0 Å². The molecule has 2 aliphatic carbocycles. The van der Waals surface area contributed by atoms with Gasteiger partial charge in [-0.25, -0.2) is 0 Å². The molecule has 1 aromatic carbocycles. The van der Waals surface area contributed by atoms with Gasteiger partial charge in [-0.3, -0.25) is 14.4 Å². The number of carbonyl (C=O) groups excluding carboxylic acids is 3. The van der Waals surface area contributed by atoms with E-state index in [1.165, 1.54) is 6.42 Å². The van der Waals surface area contributed by atoms with E-state index in [1.807, 2.05) is 30.3 Å². The number of nitrogens with one attached hydrogen (secondary N) is 2. The zero-order valence-corrected chi connectivity index (χ0v) is 25.5. The maximum atomic E-state index is 13.5. The molecule has 2 fully saturated rings. The second-order valence-electron chi connectivity index (χ2n) is 13.6. The summed E-state index contributed by atoms with van der Waals surface area (Å²) in [5.74, 6) is 3.09. The number of carbonyl (C=O) groups is 3. The van der Waals surface area contributed by atoms with Crippen LogP contribution in [-0.2, 0) is 14.4 Å². The first kappa shape index (κ1) is 31.4. The van der Waals surface area contributed by atoms with Gasteiger partial charge >= 0.3 is 0 Å². The third kappa shape index (κ3) is 8.66. The Morgan fingerprint density at radius 3 is 1.87 bits per heavy atom. The topological polar surface area (TPSA) is 75.3 Å². The Labute approximate surface area is 237 Å². The average Bonchev–Trinajstić information content (AvgIpc) is 2.90. The minimum atomic E-state index is -0.631. The molecule has 0 aromatic heterocycles. The molecule has 2 N–H and O–H groups in total. The highest BCUT2D eigenvalue weighted by molar-refractivity contribution is 5.88. The number of rotatable bonds is 11. The number of ketones is 1. The molecule has 218 valence electrons. The Morgan fingerprint density at radius 1 is 0.769 bits per heavy atom. The van der Waals surface area contributed by atoms with Gasteiger partial charge in [-0.2, -0.15) is 0 Å². The summed E-state index contributed by atoms with van der Waals surface area (Å²) >= 11 is 0. The highest BCUT2D eigenvalue weighted by atomic mass is 16.2. The molecular formula is C34H54N2O3. The normalized spacial score (nSPS) is 29.1. The summed E-state index contributed by atoms with van der Waals surface area (Å²) < 4.78 is 0. The monoisotopic (exact) mass is 538 g/mol. The highest BCUT2D eigenvalue weighted by Crippen LogP contribution is 2.40. The van der Waals surface area contributed by atoms with Gasteiger partial charge in [0, 0.05) is 18.3 Å². The van der Waals surface area contributed by atoms with E-state index < -0.39 is 6.04 Å². The van der Waals surface area contributed by atoms with Gasteiger partial charge < -0.3 is 10.6 Å². The second-order valence-corrected chi connectivity index (χ2v) is 13.6. The Kier molecular flexibility index (Phi) is 11.6. The summed E-state index contributed by atoms with van der Waals surface area (Å²) in [7, 11) is 0. The van der Waals surface area contributed by atoms with E-state index in [2.05, 4.69) is 52.2 Å². The van der Waals surface area contributed by atoms with Gasteiger partial charge in [-0.15, -0.1) is 0 Å². The van der Waals surface area contributed by atoms with E-state index in [0.29, 0.717) is 54.1 Å².